The fourth-order valence-electron chi connectivity index (χ4n) is 11.6. The van der Waals surface area contributed by atoms with Crippen LogP contribution in [-0.2, 0) is 10.8 Å². The summed E-state index contributed by atoms with van der Waals surface area (Å²) in [6.07, 6.45) is 0. The molecule has 0 radical (unpaired) electrons. The lowest BCUT2D eigenvalue weighted by Crippen LogP contribution is -2.25. The van der Waals surface area contributed by atoms with E-state index in [9.17, 15) is 10.2 Å². The van der Waals surface area contributed by atoms with E-state index in [-0.39, 0.29) is 11.5 Å². The first-order valence-electron chi connectivity index (χ1n) is 20.0. The third-order valence-electron chi connectivity index (χ3n) is 13.7. The molecule has 13 rings (SSSR count). The van der Waals surface area contributed by atoms with Crippen molar-refractivity contribution in [2.45, 2.75) is 10.8 Å². The third-order valence-corrected chi connectivity index (χ3v) is 13.7. The van der Waals surface area contributed by atoms with E-state index < -0.39 is 10.8 Å². The van der Waals surface area contributed by atoms with Crippen LogP contribution in [0.5, 0.6) is 11.5 Å². The van der Waals surface area contributed by atoms with Gasteiger partial charge in [0.15, 0.2) is 0 Å². The van der Waals surface area contributed by atoms with Gasteiger partial charge in [0.2, 0.25) is 0 Å². The van der Waals surface area contributed by atoms with Gasteiger partial charge in [-0.2, -0.15) is 0 Å². The number of aromatic hydroxyl groups is 2. The minimum Gasteiger partial charge on any atom is -0.507 e. The average molecular weight is 739 g/mol. The summed E-state index contributed by atoms with van der Waals surface area (Å²) in [5.41, 5.74) is 21.7. The summed E-state index contributed by atoms with van der Waals surface area (Å²) >= 11 is 0. The lowest BCUT2D eigenvalue weighted by atomic mass is 9.70. The van der Waals surface area contributed by atoms with Crippen LogP contribution >= 0.6 is 0 Å². The van der Waals surface area contributed by atoms with Crippen LogP contribution in [0.25, 0.3) is 66.8 Å². The molecule has 0 unspecified atom stereocenters. The highest BCUT2D eigenvalue weighted by Crippen LogP contribution is 2.65. The largest absolute Gasteiger partial charge is 0.507 e. The normalized spacial score (nSPS) is 14.6. The monoisotopic (exact) mass is 738 g/mol. The van der Waals surface area contributed by atoms with Crippen molar-refractivity contribution in [1.82, 2.24) is 0 Å². The highest BCUT2D eigenvalue weighted by molar-refractivity contribution is 5.98. The van der Waals surface area contributed by atoms with Crippen molar-refractivity contribution in [3.05, 3.63) is 239 Å². The zero-order chi connectivity index (χ0) is 38.3. The second kappa shape index (κ2) is 11.1. The molecule has 58 heavy (non-hydrogen) atoms. The van der Waals surface area contributed by atoms with Gasteiger partial charge in [-0.15, -0.1) is 0 Å². The van der Waals surface area contributed by atoms with E-state index >= 15 is 0 Å². The number of rotatable bonds is 2. The average Bonchev–Trinajstić information content (AvgIpc) is 3.96. The highest BCUT2D eigenvalue weighted by atomic mass is 16.3. The molecule has 0 amide bonds. The van der Waals surface area contributed by atoms with Gasteiger partial charge >= 0.3 is 0 Å². The number of phenolic OH excluding ortho intramolecular Hbond substituents is 2. The molecule has 2 heteroatoms. The summed E-state index contributed by atoms with van der Waals surface area (Å²) in [6, 6.07) is 69.2. The Morgan fingerprint density at radius 2 is 0.466 bits per heavy atom. The zero-order valence-electron chi connectivity index (χ0n) is 31.4. The summed E-state index contributed by atoms with van der Waals surface area (Å²) in [5.74, 6) is 0.249. The van der Waals surface area contributed by atoms with Crippen molar-refractivity contribution in [2.24, 2.45) is 0 Å². The Kier molecular flexibility index (Phi) is 6.09. The molecule has 4 aliphatic rings. The number of hydrogen-bond acceptors (Lipinski definition) is 2. The second-order valence-electron chi connectivity index (χ2n) is 16.2. The lowest BCUT2D eigenvalue weighted by Gasteiger charge is -2.31. The zero-order valence-corrected chi connectivity index (χ0v) is 31.4. The molecule has 4 aliphatic carbocycles. The van der Waals surface area contributed by atoms with Gasteiger partial charge in [-0.05, 0) is 124 Å². The van der Waals surface area contributed by atoms with Crippen molar-refractivity contribution in [3.8, 4) is 78.3 Å². The lowest BCUT2D eigenvalue weighted by molar-refractivity contribution is 0.463. The Morgan fingerprint density at radius 3 is 0.741 bits per heavy atom. The molecule has 0 saturated heterocycles. The van der Waals surface area contributed by atoms with Crippen LogP contribution in [0.1, 0.15) is 44.5 Å². The summed E-state index contributed by atoms with van der Waals surface area (Å²) in [7, 11) is 0. The molecule has 0 saturated carbocycles. The molecule has 0 aromatic heterocycles. The first-order chi connectivity index (χ1) is 28.6. The van der Waals surface area contributed by atoms with Crippen LogP contribution in [-0.4, -0.2) is 10.2 Å². The molecule has 9 aromatic rings. The SMILES string of the molecule is Oc1cc(-c2ccc3c(c2)C2(c4ccccc4-c4ccccc42)c2ccccc2-3)c(O)cc1-c1ccc2c(c1)C1(c3ccccc3-c3ccccc31)c1ccccc1-2. The maximum atomic E-state index is 12.0. The topological polar surface area (TPSA) is 40.5 Å². The van der Waals surface area contributed by atoms with Crippen molar-refractivity contribution in [2.75, 3.05) is 0 Å². The van der Waals surface area contributed by atoms with E-state index in [1.54, 1.807) is 12.1 Å². The van der Waals surface area contributed by atoms with E-state index in [0.29, 0.717) is 11.1 Å². The Morgan fingerprint density at radius 1 is 0.224 bits per heavy atom. The molecule has 0 bridgehead atoms. The summed E-state index contributed by atoms with van der Waals surface area (Å²) in [4.78, 5) is 0. The molecule has 270 valence electrons. The molecular weight excluding hydrogens is 705 g/mol. The van der Waals surface area contributed by atoms with Crippen LogP contribution in [0, 0.1) is 0 Å². The van der Waals surface area contributed by atoms with Crippen molar-refractivity contribution < 1.29 is 10.2 Å². The second-order valence-corrected chi connectivity index (χ2v) is 16.2. The summed E-state index contributed by atoms with van der Waals surface area (Å²) in [6.45, 7) is 0. The van der Waals surface area contributed by atoms with Gasteiger partial charge in [0, 0.05) is 11.1 Å². The predicted molar refractivity (Wildman–Crippen MR) is 233 cm³/mol. The Hall–Kier alpha value is -7.42. The standard InChI is InChI=1S/C56H34O2/c57-53-32-44(34-26-28-42-40-18-6-12-24-50(40)56(52(42)30-34)47-21-9-3-15-37(47)38-16-4-10-22-48(38)56)54(58)31-43(53)33-25-27-41-39-17-5-11-23-49(39)55(51(41)29-33)45-19-7-1-13-35(45)36-14-2-8-20-46(36)55/h1-32,57-58H. The third kappa shape index (κ3) is 3.69. The quantitative estimate of drug-likeness (QED) is 0.173. The fraction of sp³-hybridized carbons (Fsp3) is 0.0357. The number of hydrogen-bond donors (Lipinski definition) is 2. The minimum absolute atomic E-state index is 0.125. The molecule has 2 spiro atoms. The van der Waals surface area contributed by atoms with E-state index in [2.05, 4.69) is 182 Å². The first kappa shape index (κ1) is 31.7. The van der Waals surface area contributed by atoms with Crippen LogP contribution in [0.15, 0.2) is 194 Å². The fourth-order valence-corrected chi connectivity index (χ4v) is 11.6. The van der Waals surface area contributed by atoms with Crippen molar-refractivity contribution in [3.63, 3.8) is 0 Å². The molecule has 0 heterocycles. The summed E-state index contributed by atoms with van der Waals surface area (Å²) < 4.78 is 0. The maximum Gasteiger partial charge on any atom is 0.124 e. The van der Waals surface area contributed by atoms with E-state index in [1.165, 1.54) is 89.0 Å². The maximum absolute atomic E-state index is 12.0. The van der Waals surface area contributed by atoms with Gasteiger partial charge in [0.25, 0.3) is 0 Å². The molecule has 2 N–H and O–H groups in total. The first-order valence-corrected chi connectivity index (χ1v) is 20.0. The number of phenols is 2. The number of fused-ring (bicyclic) bond motifs is 20. The Balaban J connectivity index is 0.983. The van der Waals surface area contributed by atoms with Gasteiger partial charge in [-0.25, -0.2) is 0 Å². The van der Waals surface area contributed by atoms with Crippen LogP contribution in [0.4, 0.5) is 0 Å². The Labute approximate surface area is 336 Å². The van der Waals surface area contributed by atoms with E-state index in [0.717, 1.165) is 11.1 Å². The predicted octanol–water partition coefficient (Wildman–Crippen LogP) is 13.1. The highest BCUT2D eigenvalue weighted by Gasteiger charge is 2.53. The molecular formula is C56H34O2. The van der Waals surface area contributed by atoms with Crippen LogP contribution in [0.3, 0.4) is 0 Å². The van der Waals surface area contributed by atoms with Crippen molar-refractivity contribution >= 4 is 0 Å². The van der Waals surface area contributed by atoms with Gasteiger partial charge in [0.05, 0.1) is 10.8 Å². The number of benzene rings is 9. The molecule has 0 atom stereocenters. The minimum atomic E-state index is -0.498. The van der Waals surface area contributed by atoms with Gasteiger partial charge in [-0.1, -0.05) is 170 Å². The molecule has 0 fully saturated rings. The Bertz CT molecular complexity index is 2930. The molecule has 9 aromatic carbocycles. The molecule has 2 nitrogen and oxygen atoms in total. The van der Waals surface area contributed by atoms with Gasteiger partial charge < -0.3 is 10.2 Å². The van der Waals surface area contributed by atoms with E-state index in [1.807, 2.05) is 0 Å². The van der Waals surface area contributed by atoms with Crippen LogP contribution in [0.2, 0.25) is 0 Å². The summed E-state index contributed by atoms with van der Waals surface area (Å²) in [5, 5.41) is 24.0. The smallest absolute Gasteiger partial charge is 0.124 e. The van der Waals surface area contributed by atoms with Gasteiger partial charge in [0.1, 0.15) is 11.5 Å². The van der Waals surface area contributed by atoms with Gasteiger partial charge in [-0.3, -0.25) is 0 Å². The van der Waals surface area contributed by atoms with E-state index in [4.69, 9.17) is 0 Å². The molecule has 0 aliphatic heterocycles. The van der Waals surface area contributed by atoms with Crippen molar-refractivity contribution in [1.29, 1.82) is 0 Å². The van der Waals surface area contributed by atoms with Crippen LogP contribution < -0.4 is 0 Å².